The Kier molecular flexibility index (Phi) is 5.89. The van der Waals surface area contributed by atoms with Crippen LogP contribution in [0.3, 0.4) is 0 Å². The van der Waals surface area contributed by atoms with Crippen LogP contribution in [0.1, 0.15) is 18.4 Å². The molecule has 1 aliphatic rings. The van der Waals surface area contributed by atoms with Crippen LogP contribution in [0, 0.1) is 5.92 Å². The number of nitrogens with zero attached hydrogens (tertiary/aromatic N) is 1. The zero-order chi connectivity index (χ0) is 18.4. The summed E-state index contributed by atoms with van der Waals surface area (Å²) in [5.74, 6) is 0.328. The molecule has 2 aromatic carbocycles. The van der Waals surface area contributed by atoms with Crippen LogP contribution < -0.4 is 15.0 Å². The molecule has 2 aromatic rings. The van der Waals surface area contributed by atoms with Crippen molar-refractivity contribution in [3.05, 3.63) is 60.2 Å². The maximum atomic E-state index is 12.4. The van der Waals surface area contributed by atoms with Gasteiger partial charge in [0, 0.05) is 31.3 Å². The topological polar surface area (TPSA) is 58.6 Å². The van der Waals surface area contributed by atoms with E-state index in [1.165, 1.54) is 5.56 Å². The van der Waals surface area contributed by atoms with Crippen molar-refractivity contribution in [2.45, 2.75) is 19.3 Å². The SMILES string of the molecule is COc1cccc(N2CC(C(=O)NCCCc3ccccc3)CC2=O)c1. The number of ether oxygens (including phenoxy) is 1. The number of hydrogen-bond acceptors (Lipinski definition) is 3. The fourth-order valence-electron chi connectivity index (χ4n) is 3.20. The first-order valence-corrected chi connectivity index (χ1v) is 8.93. The zero-order valence-corrected chi connectivity index (χ0v) is 15.0. The van der Waals surface area contributed by atoms with Gasteiger partial charge in [0.15, 0.2) is 0 Å². The Balaban J connectivity index is 1.49. The van der Waals surface area contributed by atoms with Crippen LogP contribution in [0.5, 0.6) is 5.75 Å². The van der Waals surface area contributed by atoms with E-state index in [4.69, 9.17) is 4.74 Å². The average molecular weight is 352 g/mol. The molecule has 26 heavy (non-hydrogen) atoms. The summed E-state index contributed by atoms with van der Waals surface area (Å²) in [4.78, 5) is 26.4. The molecule has 3 rings (SSSR count). The molecule has 1 atom stereocenters. The van der Waals surface area contributed by atoms with E-state index in [2.05, 4.69) is 17.4 Å². The van der Waals surface area contributed by atoms with Gasteiger partial charge in [-0.15, -0.1) is 0 Å². The van der Waals surface area contributed by atoms with Gasteiger partial charge in [0.2, 0.25) is 11.8 Å². The maximum absolute atomic E-state index is 12.4. The number of carbonyl (C=O) groups is 2. The number of amides is 2. The molecule has 5 nitrogen and oxygen atoms in total. The number of hydrogen-bond donors (Lipinski definition) is 1. The van der Waals surface area contributed by atoms with Crippen molar-refractivity contribution in [3.63, 3.8) is 0 Å². The number of nitrogens with one attached hydrogen (secondary N) is 1. The Hall–Kier alpha value is -2.82. The molecule has 5 heteroatoms. The molecule has 2 amide bonds. The number of anilines is 1. The second kappa shape index (κ2) is 8.52. The van der Waals surface area contributed by atoms with Crippen molar-refractivity contribution in [3.8, 4) is 5.75 Å². The quantitative estimate of drug-likeness (QED) is 0.780. The van der Waals surface area contributed by atoms with Gasteiger partial charge in [-0.1, -0.05) is 36.4 Å². The zero-order valence-electron chi connectivity index (χ0n) is 15.0. The molecule has 1 fully saturated rings. The molecule has 136 valence electrons. The number of benzene rings is 2. The molecule has 0 spiro atoms. The van der Waals surface area contributed by atoms with Crippen LogP contribution >= 0.6 is 0 Å². The van der Waals surface area contributed by atoms with Crippen LogP contribution in [-0.2, 0) is 16.0 Å². The van der Waals surface area contributed by atoms with Crippen LogP contribution in [0.25, 0.3) is 0 Å². The fourth-order valence-corrected chi connectivity index (χ4v) is 3.20. The molecule has 1 aliphatic heterocycles. The number of carbonyl (C=O) groups excluding carboxylic acids is 2. The second-order valence-corrected chi connectivity index (χ2v) is 6.49. The van der Waals surface area contributed by atoms with Crippen molar-refractivity contribution in [2.24, 2.45) is 5.92 Å². The van der Waals surface area contributed by atoms with Gasteiger partial charge in [-0.05, 0) is 30.5 Å². The Bertz CT molecular complexity index is 761. The minimum Gasteiger partial charge on any atom is -0.497 e. The molecule has 1 heterocycles. The predicted octanol–water partition coefficient (Wildman–Crippen LogP) is 2.80. The predicted molar refractivity (Wildman–Crippen MR) is 101 cm³/mol. The van der Waals surface area contributed by atoms with Gasteiger partial charge in [0.25, 0.3) is 0 Å². The summed E-state index contributed by atoms with van der Waals surface area (Å²) in [5, 5.41) is 2.97. The van der Waals surface area contributed by atoms with Crippen LogP contribution in [0.4, 0.5) is 5.69 Å². The summed E-state index contributed by atoms with van der Waals surface area (Å²) < 4.78 is 5.21. The van der Waals surface area contributed by atoms with Crippen molar-refractivity contribution < 1.29 is 14.3 Å². The summed E-state index contributed by atoms with van der Waals surface area (Å²) in [6.07, 6.45) is 2.07. The van der Waals surface area contributed by atoms with Crippen molar-refractivity contribution in [1.29, 1.82) is 0 Å². The molecule has 0 radical (unpaired) electrons. The fraction of sp³-hybridized carbons (Fsp3) is 0.333. The normalized spacial score (nSPS) is 16.6. The molecule has 0 bridgehead atoms. The van der Waals surface area contributed by atoms with E-state index >= 15 is 0 Å². The van der Waals surface area contributed by atoms with Crippen molar-refractivity contribution in [1.82, 2.24) is 5.32 Å². The van der Waals surface area contributed by atoms with E-state index in [1.54, 1.807) is 12.0 Å². The van der Waals surface area contributed by atoms with Crippen molar-refractivity contribution >= 4 is 17.5 Å². The van der Waals surface area contributed by atoms with Gasteiger partial charge in [-0.25, -0.2) is 0 Å². The summed E-state index contributed by atoms with van der Waals surface area (Å²) in [5.41, 5.74) is 2.04. The first kappa shape index (κ1) is 18.0. The van der Waals surface area contributed by atoms with Gasteiger partial charge < -0.3 is 15.0 Å². The number of methoxy groups -OCH3 is 1. The van der Waals surface area contributed by atoms with Gasteiger partial charge in [0.05, 0.1) is 13.0 Å². The number of rotatable bonds is 7. The minimum atomic E-state index is -0.301. The highest BCUT2D eigenvalue weighted by Gasteiger charge is 2.35. The third-order valence-electron chi connectivity index (χ3n) is 4.65. The molecule has 0 saturated carbocycles. The molecule has 1 N–H and O–H groups in total. The maximum Gasteiger partial charge on any atom is 0.227 e. The largest absolute Gasteiger partial charge is 0.497 e. The van der Waals surface area contributed by atoms with E-state index in [9.17, 15) is 9.59 Å². The van der Waals surface area contributed by atoms with Gasteiger partial charge >= 0.3 is 0 Å². The molecule has 0 aliphatic carbocycles. The van der Waals surface area contributed by atoms with E-state index in [1.807, 2.05) is 42.5 Å². The average Bonchev–Trinajstić information content (AvgIpc) is 3.08. The Morgan fingerprint density at radius 1 is 1.19 bits per heavy atom. The Labute approximate surface area is 154 Å². The van der Waals surface area contributed by atoms with E-state index < -0.39 is 0 Å². The van der Waals surface area contributed by atoms with Gasteiger partial charge in [0.1, 0.15) is 5.75 Å². The third kappa shape index (κ3) is 4.42. The van der Waals surface area contributed by atoms with E-state index in [0.717, 1.165) is 18.5 Å². The van der Waals surface area contributed by atoms with Crippen molar-refractivity contribution in [2.75, 3.05) is 25.1 Å². The van der Waals surface area contributed by atoms with Crippen LogP contribution in [0.2, 0.25) is 0 Å². The first-order chi connectivity index (χ1) is 12.7. The van der Waals surface area contributed by atoms with E-state index in [-0.39, 0.29) is 24.2 Å². The van der Waals surface area contributed by atoms with Gasteiger partial charge in [-0.2, -0.15) is 0 Å². The first-order valence-electron chi connectivity index (χ1n) is 8.93. The Morgan fingerprint density at radius 3 is 2.77 bits per heavy atom. The summed E-state index contributed by atoms with van der Waals surface area (Å²) in [6, 6.07) is 17.6. The monoisotopic (exact) mass is 352 g/mol. The lowest BCUT2D eigenvalue weighted by Crippen LogP contribution is -2.33. The smallest absolute Gasteiger partial charge is 0.227 e. The highest BCUT2D eigenvalue weighted by Crippen LogP contribution is 2.27. The van der Waals surface area contributed by atoms with Crippen LogP contribution in [0.15, 0.2) is 54.6 Å². The summed E-state index contributed by atoms with van der Waals surface area (Å²) in [6.45, 7) is 1.04. The Morgan fingerprint density at radius 2 is 2.00 bits per heavy atom. The lowest BCUT2D eigenvalue weighted by atomic mass is 10.1. The highest BCUT2D eigenvalue weighted by molar-refractivity contribution is 6.00. The molecule has 1 saturated heterocycles. The number of aryl methyl sites for hydroxylation is 1. The lowest BCUT2D eigenvalue weighted by molar-refractivity contribution is -0.126. The third-order valence-corrected chi connectivity index (χ3v) is 4.65. The summed E-state index contributed by atoms with van der Waals surface area (Å²) >= 11 is 0. The lowest BCUT2D eigenvalue weighted by Gasteiger charge is -2.17. The highest BCUT2D eigenvalue weighted by atomic mass is 16.5. The molecular formula is C21H24N2O3. The molecule has 1 unspecified atom stereocenters. The van der Waals surface area contributed by atoms with E-state index in [0.29, 0.717) is 18.8 Å². The van der Waals surface area contributed by atoms with Gasteiger partial charge in [-0.3, -0.25) is 9.59 Å². The standard InChI is InChI=1S/C21H24N2O3/c1-26-19-11-5-10-18(14-19)23-15-17(13-20(23)24)21(25)22-12-6-9-16-7-3-2-4-8-16/h2-5,7-8,10-11,14,17H,6,9,12-13,15H2,1H3,(H,22,25). The summed E-state index contributed by atoms with van der Waals surface area (Å²) in [7, 11) is 1.59. The minimum absolute atomic E-state index is 0.0253. The second-order valence-electron chi connectivity index (χ2n) is 6.49. The van der Waals surface area contributed by atoms with Crippen LogP contribution in [-0.4, -0.2) is 32.0 Å². The molecule has 0 aromatic heterocycles. The molecular weight excluding hydrogens is 328 g/mol.